The predicted octanol–water partition coefficient (Wildman–Crippen LogP) is 1.37. The maximum Gasteiger partial charge on any atom is 0.333 e. The summed E-state index contributed by atoms with van der Waals surface area (Å²) in [6.07, 6.45) is 6.26. The van der Waals surface area contributed by atoms with Gasteiger partial charge in [0.2, 0.25) is 0 Å². The van der Waals surface area contributed by atoms with Gasteiger partial charge in [-0.3, -0.25) is 4.68 Å². The van der Waals surface area contributed by atoms with E-state index in [4.69, 9.17) is 4.74 Å². The van der Waals surface area contributed by atoms with Crippen LogP contribution in [-0.2, 0) is 16.1 Å². The first-order valence-corrected chi connectivity index (χ1v) is 6.15. The molecule has 1 unspecified atom stereocenters. The molecule has 0 saturated heterocycles. The minimum atomic E-state index is -0.251. The van der Waals surface area contributed by atoms with Gasteiger partial charge in [0.15, 0.2) is 0 Å². The molecule has 5 nitrogen and oxygen atoms in total. The zero-order valence-corrected chi connectivity index (χ0v) is 11.2. The number of hydrogen-bond acceptors (Lipinski definition) is 4. The number of nitrogens with one attached hydrogen (secondary N) is 1. The van der Waals surface area contributed by atoms with Gasteiger partial charge in [0, 0.05) is 30.6 Å². The van der Waals surface area contributed by atoms with Crippen molar-refractivity contribution in [3.05, 3.63) is 30.1 Å². The third kappa shape index (κ3) is 4.71. The van der Waals surface area contributed by atoms with E-state index in [1.165, 1.54) is 7.11 Å². The van der Waals surface area contributed by atoms with Crippen molar-refractivity contribution in [2.24, 2.45) is 0 Å². The molecule has 0 amide bonds. The highest BCUT2D eigenvalue weighted by atomic mass is 16.5. The molecule has 0 aliphatic heterocycles. The summed E-state index contributed by atoms with van der Waals surface area (Å²) in [6.45, 7) is 5.48. The summed E-state index contributed by atoms with van der Waals surface area (Å²) in [5, 5.41) is 7.46. The summed E-state index contributed by atoms with van der Waals surface area (Å²) >= 11 is 0. The minimum absolute atomic E-state index is 0.251. The molecule has 1 atom stereocenters. The molecule has 5 heteroatoms. The van der Waals surface area contributed by atoms with Crippen molar-refractivity contribution < 1.29 is 9.53 Å². The average Bonchev–Trinajstić information content (AvgIpc) is 2.86. The Morgan fingerprint density at radius 1 is 1.61 bits per heavy atom. The van der Waals surface area contributed by atoms with Gasteiger partial charge in [-0.05, 0) is 19.4 Å². The van der Waals surface area contributed by atoms with Crippen molar-refractivity contribution in [3.63, 3.8) is 0 Å². The molecule has 0 saturated carbocycles. The number of ether oxygens (including phenoxy) is 1. The average molecular weight is 251 g/mol. The quantitative estimate of drug-likeness (QED) is 0.587. The van der Waals surface area contributed by atoms with E-state index in [1.54, 1.807) is 6.20 Å². The van der Waals surface area contributed by atoms with Gasteiger partial charge in [-0.1, -0.05) is 13.0 Å². The molecule has 0 aliphatic rings. The first-order valence-electron chi connectivity index (χ1n) is 6.15. The van der Waals surface area contributed by atoms with E-state index >= 15 is 0 Å². The number of aromatic nitrogens is 2. The van der Waals surface area contributed by atoms with Gasteiger partial charge in [0.05, 0.1) is 13.7 Å². The lowest BCUT2D eigenvalue weighted by Gasteiger charge is -2.12. The second-order valence-electron chi connectivity index (χ2n) is 4.11. The zero-order valence-electron chi connectivity index (χ0n) is 11.2. The third-order valence-corrected chi connectivity index (χ3v) is 2.66. The summed E-state index contributed by atoms with van der Waals surface area (Å²) in [5.74, 6) is -0.251. The van der Waals surface area contributed by atoms with Crippen molar-refractivity contribution in [2.75, 3.05) is 13.7 Å². The lowest BCUT2D eigenvalue weighted by atomic mass is 10.2. The molecular weight excluding hydrogens is 230 g/mol. The van der Waals surface area contributed by atoms with Crippen LogP contribution < -0.4 is 5.32 Å². The van der Waals surface area contributed by atoms with E-state index in [9.17, 15) is 4.79 Å². The molecule has 1 rings (SSSR count). The number of carbonyl (C=O) groups excluding carboxylic acids is 1. The molecule has 0 fully saturated rings. The number of nitrogens with zero attached hydrogens (tertiary/aromatic N) is 2. The standard InChI is InChI=1S/C13H21N3O2/c1-4-12(13(17)18-3)6-8-14-11(2)10-16-9-5-7-15-16/h5-7,9,11,14H,4,8,10H2,1-3H3/b12-6-. The molecule has 1 N–H and O–H groups in total. The van der Waals surface area contributed by atoms with Crippen molar-refractivity contribution in [1.29, 1.82) is 0 Å². The summed E-state index contributed by atoms with van der Waals surface area (Å²) in [6, 6.07) is 2.19. The number of rotatable bonds is 7. The third-order valence-electron chi connectivity index (χ3n) is 2.66. The van der Waals surface area contributed by atoms with Crippen LogP contribution in [0.1, 0.15) is 20.3 Å². The zero-order chi connectivity index (χ0) is 13.4. The summed E-state index contributed by atoms with van der Waals surface area (Å²) in [4.78, 5) is 11.3. The van der Waals surface area contributed by atoms with Crippen LogP contribution in [0.2, 0.25) is 0 Å². The van der Waals surface area contributed by atoms with Gasteiger partial charge in [-0.25, -0.2) is 4.79 Å². The summed E-state index contributed by atoms with van der Waals surface area (Å²) in [7, 11) is 1.40. The van der Waals surface area contributed by atoms with Gasteiger partial charge in [-0.15, -0.1) is 0 Å². The molecule has 0 spiro atoms. The number of esters is 1. The molecule has 0 radical (unpaired) electrons. The molecular formula is C13H21N3O2. The molecule has 18 heavy (non-hydrogen) atoms. The van der Waals surface area contributed by atoms with Crippen LogP contribution in [0.4, 0.5) is 0 Å². The van der Waals surface area contributed by atoms with E-state index in [0.717, 1.165) is 6.54 Å². The molecule has 0 bridgehead atoms. The van der Waals surface area contributed by atoms with Crippen LogP contribution in [0.15, 0.2) is 30.1 Å². The van der Waals surface area contributed by atoms with Crippen molar-refractivity contribution in [3.8, 4) is 0 Å². The smallest absolute Gasteiger partial charge is 0.333 e. The van der Waals surface area contributed by atoms with Crippen LogP contribution in [-0.4, -0.2) is 35.4 Å². The summed E-state index contributed by atoms with van der Waals surface area (Å²) in [5.41, 5.74) is 0.705. The molecule has 1 aromatic rings. The normalized spacial score (nSPS) is 13.4. The largest absolute Gasteiger partial charge is 0.466 e. The van der Waals surface area contributed by atoms with Crippen molar-refractivity contribution in [1.82, 2.24) is 15.1 Å². The van der Waals surface area contributed by atoms with Gasteiger partial charge in [-0.2, -0.15) is 5.10 Å². The first kappa shape index (κ1) is 14.4. The Labute approximate surface area is 108 Å². The Morgan fingerprint density at radius 2 is 2.39 bits per heavy atom. The monoisotopic (exact) mass is 251 g/mol. The van der Waals surface area contributed by atoms with Crippen LogP contribution in [0.5, 0.6) is 0 Å². The van der Waals surface area contributed by atoms with Crippen molar-refractivity contribution >= 4 is 5.97 Å². The fourth-order valence-corrected chi connectivity index (χ4v) is 1.64. The fourth-order valence-electron chi connectivity index (χ4n) is 1.64. The molecule has 0 aromatic carbocycles. The molecule has 100 valence electrons. The van der Waals surface area contributed by atoms with Gasteiger partial charge < -0.3 is 10.1 Å². The van der Waals surface area contributed by atoms with E-state index in [-0.39, 0.29) is 12.0 Å². The fraction of sp³-hybridized carbons (Fsp3) is 0.538. The van der Waals surface area contributed by atoms with Crippen LogP contribution in [0, 0.1) is 0 Å². The second kappa shape index (κ2) is 7.66. The SMILES string of the molecule is CC/C(=C/CNC(C)Cn1cccn1)C(=O)OC. The maximum atomic E-state index is 11.3. The van der Waals surface area contributed by atoms with E-state index in [1.807, 2.05) is 29.9 Å². The van der Waals surface area contributed by atoms with Crippen LogP contribution >= 0.6 is 0 Å². The van der Waals surface area contributed by atoms with E-state index < -0.39 is 0 Å². The second-order valence-corrected chi connectivity index (χ2v) is 4.11. The maximum absolute atomic E-state index is 11.3. The number of carbonyl (C=O) groups is 1. The van der Waals surface area contributed by atoms with Gasteiger partial charge in [0.1, 0.15) is 0 Å². The molecule has 1 aromatic heterocycles. The predicted molar refractivity (Wildman–Crippen MR) is 70.1 cm³/mol. The van der Waals surface area contributed by atoms with Crippen molar-refractivity contribution in [2.45, 2.75) is 32.9 Å². The Morgan fingerprint density at radius 3 is 2.94 bits per heavy atom. The first-order chi connectivity index (χ1) is 8.67. The minimum Gasteiger partial charge on any atom is -0.466 e. The number of hydrogen-bond donors (Lipinski definition) is 1. The lowest BCUT2D eigenvalue weighted by molar-refractivity contribution is -0.136. The van der Waals surface area contributed by atoms with Gasteiger partial charge >= 0.3 is 5.97 Å². The highest BCUT2D eigenvalue weighted by molar-refractivity contribution is 5.88. The van der Waals surface area contributed by atoms with Gasteiger partial charge in [0.25, 0.3) is 0 Å². The van der Waals surface area contributed by atoms with Crippen LogP contribution in [0.3, 0.4) is 0 Å². The summed E-state index contributed by atoms with van der Waals surface area (Å²) < 4.78 is 6.57. The Balaban J connectivity index is 2.35. The molecule has 0 aliphatic carbocycles. The highest BCUT2D eigenvalue weighted by Gasteiger charge is 2.06. The lowest BCUT2D eigenvalue weighted by Crippen LogP contribution is -2.31. The highest BCUT2D eigenvalue weighted by Crippen LogP contribution is 2.02. The van der Waals surface area contributed by atoms with E-state index in [2.05, 4.69) is 17.3 Å². The van der Waals surface area contributed by atoms with E-state index in [0.29, 0.717) is 18.5 Å². The topological polar surface area (TPSA) is 56.2 Å². The van der Waals surface area contributed by atoms with Crippen LogP contribution in [0.25, 0.3) is 0 Å². The Bertz CT molecular complexity index is 385. The number of methoxy groups -OCH3 is 1. The Kier molecular flexibility index (Phi) is 6.14. The molecule has 1 heterocycles. The Hall–Kier alpha value is -1.62.